The fraction of sp³-hybridized carbons (Fsp3) is 0.267. The summed E-state index contributed by atoms with van der Waals surface area (Å²) in [7, 11) is 0. The Labute approximate surface area is 215 Å². The third-order valence-corrected chi connectivity index (χ3v) is 6.81. The summed E-state index contributed by atoms with van der Waals surface area (Å²) in [6.07, 6.45) is 5.64. The molecule has 3 aromatic heterocycles. The van der Waals surface area contributed by atoms with Gasteiger partial charge >= 0.3 is 0 Å². The lowest BCUT2D eigenvalue weighted by Crippen LogP contribution is -2.12. The molecule has 0 N–H and O–H groups in total. The van der Waals surface area contributed by atoms with Crippen LogP contribution in [0.2, 0.25) is 0 Å². The topological polar surface area (TPSA) is 39.9 Å². The van der Waals surface area contributed by atoms with Crippen LogP contribution in [0, 0.1) is 0 Å². The second-order valence-corrected chi connectivity index (χ2v) is 12.0. The summed E-state index contributed by atoms with van der Waals surface area (Å²) >= 11 is 3.65. The van der Waals surface area contributed by atoms with Crippen LogP contribution in [0.25, 0.3) is 27.6 Å². The molecule has 5 heteroatoms. The van der Waals surface area contributed by atoms with Gasteiger partial charge in [-0.25, -0.2) is 4.98 Å². The molecule has 0 saturated heterocycles. The quantitative estimate of drug-likeness (QED) is 0.235. The summed E-state index contributed by atoms with van der Waals surface area (Å²) < 4.78 is 9.57. The second kappa shape index (κ2) is 8.49. The van der Waals surface area contributed by atoms with Gasteiger partial charge in [-0.2, -0.15) is 0 Å². The van der Waals surface area contributed by atoms with Gasteiger partial charge in [-0.1, -0.05) is 57.5 Å². The molecular formula is C30H30BrN3O. The van der Waals surface area contributed by atoms with Crippen LogP contribution in [0.3, 0.4) is 0 Å². The third kappa shape index (κ3) is 4.57. The molecule has 178 valence electrons. The van der Waals surface area contributed by atoms with Crippen molar-refractivity contribution >= 4 is 37.7 Å². The first-order valence-corrected chi connectivity index (χ1v) is 12.6. The molecule has 2 aromatic carbocycles. The predicted octanol–water partition coefficient (Wildman–Crippen LogP) is 8.72. The van der Waals surface area contributed by atoms with E-state index in [0.29, 0.717) is 0 Å². The van der Waals surface area contributed by atoms with Gasteiger partial charge < -0.3 is 4.74 Å². The van der Waals surface area contributed by atoms with Gasteiger partial charge in [0.05, 0.1) is 17.2 Å². The molecule has 5 rings (SSSR count). The average molecular weight is 528 g/mol. The van der Waals surface area contributed by atoms with Crippen molar-refractivity contribution in [3.8, 4) is 17.3 Å². The Morgan fingerprint density at radius 2 is 1.46 bits per heavy atom. The molecule has 0 amide bonds. The number of benzene rings is 2. The number of hydrogen-bond acceptors (Lipinski definition) is 3. The molecule has 0 aliphatic heterocycles. The minimum atomic E-state index is 0.0223. The maximum Gasteiger partial charge on any atom is 0.137 e. The Kier molecular flexibility index (Phi) is 5.71. The van der Waals surface area contributed by atoms with Crippen molar-refractivity contribution in [1.29, 1.82) is 0 Å². The number of nitrogens with zero attached hydrogens (tertiary/aromatic N) is 3. The first-order valence-electron chi connectivity index (χ1n) is 11.8. The summed E-state index contributed by atoms with van der Waals surface area (Å²) in [5, 5.41) is 2.28. The number of fused-ring (bicyclic) bond motifs is 3. The van der Waals surface area contributed by atoms with Gasteiger partial charge in [-0.3, -0.25) is 9.55 Å². The highest BCUT2D eigenvalue weighted by Gasteiger charge is 2.19. The first kappa shape index (κ1) is 23.6. The van der Waals surface area contributed by atoms with E-state index in [2.05, 4.69) is 109 Å². The van der Waals surface area contributed by atoms with E-state index >= 15 is 0 Å². The molecule has 4 nitrogen and oxygen atoms in total. The highest BCUT2D eigenvalue weighted by atomic mass is 79.9. The highest BCUT2D eigenvalue weighted by Crippen LogP contribution is 2.37. The van der Waals surface area contributed by atoms with E-state index in [-0.39, 0.29) is 10.8 Å². The van der Waals surface area contributed by atoms with Crippen LogP contribution in [-0.2, 0) is 10.8 Å². The van der Waals surface area contributed by atoms with E-state index in [9.17, 15) is 0 Å². The lowest BCUT2D eigenvalue weighted by molar-refractivity contribution is 0.478. The number of ether oxygens (including phenoxy) is 1. The highest BCUT2D eigenvalue weighted by molar-refractivity contribution is 9.10. The van der Waals surface area contributed by atoms with Crippen LogP contribution in [0.15, 0.2) is 77.7 Å². The molecule has 35 heavy (non-hydrogen) atoms. The Morgan fingerprint density at radius 3 is 2.20 bits per heavy atom. The van der Waals surface area contributed by atoms with Gasteiger partial charge in [-0.15, -0.1) is 0 Å². The number of rotatable bonds is 3. The molecule has 0 saturated carbocycles. The molecule has 0 unspecified atom stereocenters. The van der Waals surface area contributed by atoms with Gasteiger partial charge in [0.2, 0.25) is 0 Å². The van der Waals surface area contributed by atoms with Crippen LogP contribution in [0.1, 0.15) is 52.7 Å². The molecular weight excluding hydrogens is 498 g/mol. The van der Waals surface area contributed by atoms with E-state index in [1.165, 1.54) is 11.1 Å². The fourth-order valence-corrected chi connectivity index (χ4v) is 4.83. The molecule has 0 radical (unpaired) electrons. The maximum absolute atomic E-state index is 6.39. The standard InChI is InChI=1S/C30H30BrN3O/c1-29(2,3)19-9-12-33-28(15-19)34-26-17-22(7-8-24(26)25-10-11-32-18-27(25)34)35-23-14-20(30(4,5)6)13-21(31)16-23/h7-18H,1-6H3. The first-order chi connectivity index (χ1) is 16.5. The molecule has 0 fully saturated rings. The van der Waals surface area contributed by atoms with E-state index in [0.717, 1.165) is 43.6 Å². The molecule has 0 atom stereocenters. The Bertz CT molecular complexity index is 1550. The van der Waals surface area contributed by atoms with E-state index < -0.39 is 0 Å². The summed E-state index contributed by atoms with van der Waals surface area (Å²) in [4.78, 5) is 9.16. The zero-order valence-corrected chi connectivity index (χ0v) is 22.6. The van der Waals surface area contributed by atoms with E-state index in [4.69, 9.17) is 9.72 Å². The van der Waals surface area contributed by atoms with Crippen molar-refractivity contribution < 1.29 is 4.74 Å². The summed E-state index contributed by atoms with van der Waals surface area (Å²) in [6, 6.07) is 18.8. The van der Waals surface area contributed by atoms with Gasteiger partial charge in [0, 0.05) is 33.7 Å². The average Bonchev–Trinajstić information content (AvgIpc) is 3.11. The fourth-order valence-electron chi connectivity index (χ4n) is 4.35. The van der Waals surface area contributed by atoms with Gasteiger partial charge in [0.15, 0.2) is 0 Å². The van der Waals surface area contributed by atoms with Crippen LogP contribution in [0.5, 0.6) is 11.5 Å². The molecule has 0 aliphatic rings. The van der Waals surface area contributed by atoms with Gasteiger partial charge in [0.1, 0.15) is 17.3 Å². The van der Waals surface area contributed by atoms with Crippen molar-refractivity contribution in [3.05, 3.63) is 88.8 Å². The van der Waals surface area contributed by atoms with E-state index in [1.54, 1.807) is 0 Å². The normalized spacial score (nSPS) is 12.4. The number of aromatic nitrogens is 3. The largest absolute Gasteiger partial charge is 0.457 e. The van der Waals surface area contributed by atoms with Crippen molar-refractivity contribution in [2.45, 2.75) is 52.4 Å². The lowest BCUT2D eigenvalue weighted by atomic mass is 9.87. The van der Waals surface area contributed by atoms with Crippen LogP contribution >= 0.6 is 15.9 Å². The molecule has 0 spiro atoms. The minimum absolute atomic E-state index is 0.0223. The lowest BCUT2D eigenvalue weighted by Gasteiger charge is -2.20. The van der Waals surface area contributed by atoms with Crippen LogP contribution in [-0.4, -0.2) is 14.5 Å². The Hall–Kier alpha value is -3.18. The van der Waals surface area contributed by atoms with Gasteiger partial charge in [0.25, 0.3) is 0 Å². The minimum Gasteiger partial charge on any atom is -0.457 e. The molecule has 5 aromatic rings. The van der Waals surface area contributed by atoms with Crippen LogP contribution < -0.4 is 4.74 Å². The summed E-state index contributed by atoms with van der Waals surface area (Å²) in [5.74, 6) is 2.46. The third-order valence-electron chi connectivity index (χ3n) is 6.35. The van der Waals surface area contributed by atoms with Crippen molar-refractivity contribution in [2.75, 3.05) is 0 Å². The van der Waals surface area contributed by atoms with Crippen molar-refractivity contribution in [2.24, 2.45) is 0 Å². The van der Waals surface area contributed by atoms with Crippen molar-refractivity contribution in [1.82, 2.24) is 14.5 Å². The van der Waals surface area contributed by atoms with Crippen LogP contribution in [0.4, 0.5) is 0 Å². The molecule has 0 bridgehead atoms. The molecule has 0 aliphatic carbocycles. The SMILES string of the molecule is CC(C)(C)c1cc(Br)cc(Oc2ccc3c4ccncc4n(-c4cc(C(C)(C)C)ccn4)c3c2)c1. The smallest absolute Gasteiger partial charge is 0.137 e. The zero-order valence-electron chi connectivity index (χ0n) is 21.1. The second-order valence-electron chi connectivity index (χ2n) is 11.1. The monoisotopic (exact) mass is 527 g/mol. The van der Waals surface area contributed by atoms with Gasteiger partial charge in [-0.05, 0) is 70.5 Å². The summed E-state index contributed by atoms with van der Waals surface area (Å²) in [5.41, 5.74) is 4.55. The Morgan fingerprint density at radius 1 is 0.714 bits per heavy atom. The van der Waals surface area contributed by atoms with E-state index in [1.807, 2.05) is 30.7 Å². The number of hydrogen-bond donors (Lipinski definition) is 0. The molecule has 3 heterocycles. The number of pyridine rings is 2. The zero-order chi connectivity index (χ0) is 25.0. The van der Waals surface area contributed by atoms with Crippen molar-refractivity contribution in [3.63, 3.8) is 0 Å². The maximum atomic E-state index is 6.39. The summed E-state index contributed by atoms with van der Waals surface area (Å²) in [6.45, 7) is 13.3. The number of halogens is 1. The Balaban J connectivity index is 1.67. The predicted molar refractivity (Wildman–Crippen MR) is 148 cm³/mol.